The maximum Gasteiger partial charge on any atom is 0.335 e. The fourth-order valence-corrected chi connectivity index (χ4v) is 3.12. The van der Waals surface area contributed by atoms with Gasteiger partial charge in [-0.2, -0.15) is 11.8 Å². The van der Waals surface area contributed by atoms with Gasteiger partial charge in [0, 0.05) is 24.2 Å². The normalized spacial score (nSPS) is 16.7. The Labute approximate surface area is 109 Å². The number of benzene rings is 1. The summed E-state index contributed by atoms with van der Waals surface area (Å²) >= 11 is 1.68. The third-order valence-electron chi connectivity index (χ3n) is 2.94. The van der Waals surface area contributed by atoms with Crippen LogP contribution in [0.4, 0.5) is 4.39 Å². The predicted octanol–water partition coefficient (Wildman–Crippen LogP) is 2.94. The SMILES string of the molecule is O=C(O)c1ccc(F)cc1CSC1CCOCC1. The maximum absolute atomic E-state index is 13.2. The van der Waals surface area contributed by atoms with Crippen molar-refractivity contribution in [2.24, 2.45) is 0 Å². The molecule has 5 heteroatoms. The van der Waals surface area contributed by atoms with E-state index in [1.54, 1.807) is 11.8 Å². The van der Waals surface area contributed by atoms with Crippen LogP contribution in [0.25, 0.3) is 0 Å². The van der Waals surface area contributed by atoms with Crippen LogP contribution in [0.1, 0.15) is 28.8 Å². The molecule has 1 fully saturated rings. The third kappa shape index (κ3) is 3.46. The lowest BCUT2D eigenvalue weighted by Crippen LogP contribution is -2.17. The molecule has 1 N–H and O–H groups in total. The van der Waals surface area contributed by atoms with Gasteiger partial charge in [0.15, 0.2) is 0 Å². The van der Waals surface area contributed by atoms with E-state index in [0.717, 1.165) is 26.1 Å². The molecule has 0 amide bonds. The monoisotopic (exact) mass is 270 g/mol. The van der Waals surface area contributed by atoms with Gasteiger partial charge in [-0.3, -0.25) is 0 Å². The van der Waals surface area contributed by atoms with Crippen molar-refractivity contribution in [3.8, 4) is 0 Å². The molecule has 0 saturated carbocycles. The molecule has 1 aromatic rings. The molecule has 1 saturated heterocycles. The molecule has 0 aliphatic carbocycles. The van der Waals surface area contributed by atoms with E-state index in [2.05, 4.69) is 0 Å². The number of thioether (sulfide) groups is 1. The Hall–Kier alpha value is -1.07. The number of rotatable bonds is 4. The lowest BCUT2D eigenvalue weighted by Gasteiger charge is -2.21. The summed E-state index contributed by atoms with van der Waals surface area (Å²) in [4.78, 5) is 11.0. The van der Waals surface area contributed by atoms with Crippen molar-refractivity contribution in [1.82, 2.24) is 0 Å². The summed E-state index contributed by atoms with van der Waals surface area (Å²) in [6.07, 6.45) is 1.95. The predicted molar refractivity (Wildman–Crippen MR) is 68.5 cm³/mol. The summed E-state index contributed by atoms with van der Waals surface area (Å²) in [7, 11) is 0. The first-order valence-corrected chi connectivity index (χ1v) is 6.93. The topological polar surface area (TPSA) is 46.5 Å². The van der Waals surface area contributed by atoms with Gasteiger partial charge in [-0.1, -0.05) is 0 Å². The van der Waals surface area contributed by atoms with Crippen LogP contribution in [-0.4, -0.2) is 29.5 Å². The summed E-state index contributed by atoms with van der Waals surface area (Å²) in [5.41, 5.74) is 0.745. The van der Waals surface area contributed by atoms with Crippen LogP contribution in [0.15, 0.2) is 18.2 Å². The number of carbonyl (C=O) groups is 1. The lowest BCUT2D eigenvalue weighted by atomic mass is 10.1. The Morgan fingerprint density at radius 1 is 1.44 bits per heavy atom. The van der Waals surface area contributed by atoms with Crippen molar-refractivity contribution < 1.29 is 19.0 Å². The molecule has 1 aliphatic rings. The van der Waals surface area contributed by atoms with Crippen LogP contribution in [0.2, 0.25) is 0 Å². The van der Waals surface area contributed by atoms with Crippen LogP contribution in [0, 0.1) is 5.82 Å². The van der Waals surface area contributed by atoms with Gasteiger partial charge in [-0.05, 0) is 36.6 Å². The van der Waals surface area contributed by atoms with Crippen molar-refractivity contribution >= 4 is 17.7 Å². The van der Waals surface area contributed by atoms with E-state index >= 15 is 0 Å². The average Bonchev–Trinajstić information content (AvgIpc) is 2.37. The van der Waals surface area contributed by atoms with Gasteiger partial charge in [0.05, 0.1) is 5.56 Å². The highest BCUT2D eigenvalue weighted by molar-refractivity contribution is 7.99. The van der Waals surface area contributed by atoms with E-state index in [0.29, 0.717) is 16.6 Å². The van der Waals surface area contributed by atoms with E-state index in [1.807, 2.05) is 0 Å². The Bertz CT molecular complexity index is 430. The molecule has 0 atom stereocenters. The van der Waals surface area contributed by atoms with E-state index < -0.39 is 5.97 Å². The van der Waals surface area contributed by atoms with Crippen molar-refractivity contribution in [2.75, 3.05) is 13.2 Å². The average molecular weight is 270 g/mol. The Morgan fingerprint density at radius 2 is 2.17 bits per heavy atom. The third-order valence-corrected chi connectivity index (χ3v) is 4.36. The molecular formula is C13H15FO3S. The lowest BCUT2D eigenvalue weighted by molar-refractivity contribution is 0.0696. The number of hydrogen-bond acceptors (Lipinski definition) is 3. The summed E-state index contributed by atoms with van der Waals surface area (Å²) in [6, 6.07) is 3.83. The van der Waals surface area contributed by atoms with E-state index in [9.17, 15) is 9.18 Å². The first-order valence-electron chi connectivity index (χ1n) is 5.88. The molecule has 1 aliphatic heterocycles. The largest absolute Gasteiger partial charge is 0.478 e. The maximum atomic E-state index is 13.2. The zero-order valence-corrected chi connectivity index (χ0v) is 10.7. The van der Waals surface area contributed by atoms with Crippen LogP contribution in [-0.2, 0) is 10.5 Å². The number of halogens is 1. The quantitative estimate of drug-likeness (QED) is 0.913. The van der Waals surface area contributed by atoms with Crippen molar-refractivity contribution in [2.45, 2.75) is 23.8 Å². The minimum Gasteiger partial charge on any atom is -0.478 e. The Balaban J connectivity index is 2.03. The summed E-state index contributed by atoms with van der Waals surface area (Å²) < 4.78 is 18.4. The molecule has 0 bridgehead atoms. The molecule has 18 heavy (non-hydrogen) atoms. The van der Waals surface area contributed by atoms with Crippen molar-refractivity contribution in [3.63, 3.8) is 0 Å². The second-order valence-electron chi connectivity index (χ2n) is 4.23. The summed E-state index contributed by atoms with van der Waals surface area (Å²) in [5, 5.41) is 9.52. The number of carboxylic acid groups (broad SMARTS) is 1. The number of carboxylic acids is 1. The molecule has 0 unspecified atom stereocenters. The van der Waals surface area contributed by atoms with Crippen LogP contribution < -0.4 is 0 Å². The molecule has 1 heterocycles. The van der Waals surface area contributed by atoms with E-state index in [-0.39, 0.29) is 11.4 Å². The molecule has 2 rings (SSSR count). The minimum absolute atomic E-state index is 0.191. The highest BCUT2D eigenvalue weighted by atomic mass is 32.2. The van der Waals surface area contributed by atoms with Gasteiger partial charge in [0.2, 0.25) is 0 Å². The first-order chi connectivity index (χ1) is 8.66. The number of ether oxygens (including phenoxy) is 1. The fraction of sp³-hybridized carbons (Fsp3) is 0.462. The summed E-state index contributed by atoms with van der Waals surface area (Å²) in [6.45, 7) is 1.51. The zero-order valence-electron chi connectivity index (χ0n) is 9.89. The van der Waals surface area contributed by atoms with Gasteiger partial charge in [0.1, 0.15) is 5.82 Å². The van der Waals surface area contributed by atoms with Crippen LogP contribution in [0.3, 0.4) is 0 Å². The molecule has 1 aromatic carbocycles. The van der Waals surface area contributed by atoms with Crippen LogP contribution >= 0.6 is 11.8 Å². The standard InChI is InChI=1S/C13H15FO3S/c14-10-1-2-12(13(15)16)9(7-10)8-18-11-3-5-17-6-4-11/h1-2,7,11H,3-6,8H2,(H,15,16). The number of aromatic carboxylic acids is 1. The van der Waals surface area contributed by atoms with Crippen LogP contribution in [0.5, 0.6) is 0 Å². The Morgan fingerprint density at radius 3 is 2.83 bits per heavy atom. The van der Waals surface area contributed by atoms with Gasteiger partial charge in [-0.15, -0.1) is 0 Å². The molecule has 0 spiro atoms. The van der Waals surface area contributed by atoms with Crippen molar-refractivity contribution in [1.29, 1.82) is 0 Å². The van der Waals surface area contributed by atoms with Gasteiger partial charge in [-0.25, -0.2) is 9.18 Å². The highest BCUT2D eigenvalue weighted by Gasteiger charge is 2.16. The minimum atomic E-state index is -1.00. The van der Waals surface area contributed by atoms with Gasteiger partial charge < -0.3 is 9.84 Å². The van der Waals surface area contributed by atoms with E-state index in [1.165, 1.54) is 18.2 Å². The molecular weight excluding hydrogens is 255 g/mol. The van der Waals surface area contributed by atoms with Crippen molar-refractivity contribution in [3.05, 3.63) is 35.1 Å². The molecule has 3 nitrogen and oxygen atoms in total. The zero-order chi connectivity index (χ0) is 13.0. The highest BCUT2D eigenvalue weighted by Crippen LogP contribution is 2.27. The molecule has 0 radical (unpaired) electrons. The Kier molecular flexibility index (Phi) is 4.60. The van der Waals surface area contributed by atoms with Gasteiger partial charge >= 0.3 is 5.97 Å². The molecule has 0 aromatic heterocycles. The smallest absolute Gasteiger partial charge is 0.335 e. The van der Waals surface area contributed by atoms with Gasteiger partial charge in [0.25, 0.3) is 0 Å². The first kappa shape index (κ1) is 13.4. The second-order valence-corrected chi connectivity index (χ2v) is 5.52. The second kappa shape index (κ2) is 6.20. The summed E-state index contributed by atoms with van der Waals surface area (Å²) in [5.74, 6) is -0.857. The van der Waals surface area contributed by atoms with E-state index in [4.69, 9.17) is 9.84 Å². The molecule has 98 valence electrons. The number of hydrogen-bond donors (Lipinski definition) is 1. The fourth-order valence-electron chi connectivity index (χ4n) is 1.94.